The van der Waals surface area contributed by atoms with E-state index in [0.29, 0.717) is 12.6 Å². The number of hydrogen-bond acceptors (Lipinski definition) is 2. The van der Waals surface area contributed by atoms with Gasteiger partial charge in [0, 0.05) is 12.6 Å². The normalized spacial score (nSPS) is 22.9. The number of benzene rings is 1. The quantitative estimate of drug-likeness (QED) is 0.801. The first-order valence-electron chi connectivity index (χ1n) is 5.81. The lowest BCUT2D eigenvalue weighted by Gasteiger charge is -2.33. The molecule has 0 aromatic heterocycles. The zero-order valence-electron chi connectivity index (χ0n) is 9.45. The van der Waals surface area contributed by atoms with Gasteiger partial charge in [-0.1, -0.05) is 30.7 Å². The van der Waals surface area contributed by atoms with Crippen LogP contribution in [-0.4, -0.2) is 18.5 Å². The standard InChI is InChI=1S/C13H20N2/c1-15-9-5-4-8-13(15)12-7-3-2-6-11(12)10-14/h2-3,6-7,13H,4-5,8-10,14H2,1H3. The average Bonchev–Trinajstić information content (AvgIpc) is 2.30. The van der Waals surface area contributed by atoms with Crippen LogP contribution in [0.5, 0.6) is 0 Å². The summed E-state index contributed by atoms with van der Waals surface area (Å²) in [5.74, 6) is 0. The molecule has 0 spiro atoms. The Labute approximate surface area is 92.1 Å². The van der Waals surface area contributed by atoms with E-state index in [1.54, 1.807) is 0 Å². The van der Waals surface area contributed by atoms with E-state index in [1.165, 1.54) is 36.9 Å². The van der Waals surface area contributed by atoms with Crippen LogP contribution in [0.4, 0.5) is 0 Å². The highest BCUT2D eigenvalue weighted by Gasteiger charge is 2.21. The van der Waals surface area contributed by atoms with Gasteiger partial charge in [0.05, 0.1) is 0 Å². The van der Waals surface area contributed by atoms with E-state index in [-0.39, 0.29) is 0 Å². The summed E-state index contributed by atoms with van der Waals surface area (Å²) in [5.41, 5.74) is 8.52. The summed E-state index contributed by atoms with van der Waals surface area (Å²) in [5, 5.41) is 0. The van der Waals surface area contributed by atoms with Crippen molar-refractivity contribution in [3.63, 3.8) is 0 Å². The molecule has 2 heteroatoms. The third kappa shape index (κ3) is 2.21. The Morgan fingerprint density at radius 3 is 2.87 bits per heavy atom. The van der Waals surface area contributed by atoms with Crippen molar-refractivity contribution in [3.05, 3.63) is 35.4 Å². The highest BCUT2D eigenvalue weighted by molar-refractivity contribution is 5.30. The van der Waals surface area contributed by atoms with Gasteiger partial charge in [-0.05, 0) is 37.6 Å². The molecule has 1 fully saturated rings. The number of rotatable bonds is 2. The van der Waals surface area contributed by atoms with Crippen molar-refractivity contribution in [3.8, 4) is 0 Å². The van der Waals surface area contributed by atoms with E-state index >= 15 is 0 Å². The van der Waals surface area contributed by atoms with Crippen molar-refractivity contribution in [2.75, 3.05) is 13.6 Å². The van der Waals surface area contributed by atoms with Crippen LogP contribution in [-0.2, 0) is 6.54 Å². The fourth-order valence-electron chi connectivity index (χ4n) is 2.51. The van der Waals surface area contributed by atoms with Gasteiger partial charge in [0.2, 0.25) is 0 Å². The Hall–Kier alpha value is -0.860. The molecule has 0 bridgehead atoms. The van der Waals surface area contributed by atoms with Gasteiger partial charge in [-0.15, -0.1) is 0 Å². The summed E-state index contributed by atoms with van der Waals surface area (Å²) in [6.07, 6.45) is 3.94. The van der Waals surface area contributed by atoms with Crippen LogP contribution in [0, 0.1) is 0 Å². The third-order valence-corrected chi connectivity index (χ3v) is 3.40. The van der Waals surface area contributed by atoms with Crippen molar-refractivity contribution in [1.82, 2.24) is 4.90 Å². The molecule has 0 saturated carbocycles. The molecule has 0 aliphatic carbocycles. The van der Waals surface area contributed by atoms with Crippen LogP contribution in [0.2, 0.25) is 0 Å². The predicted molar refractivity (Wildman–Crippen MR) is 63.6 cm³/mol. The molecular weight excluding hydrogens is 184 g/mol. The van der Waals surface area contributed by atoms with Gasteiger partial charge < -0.3 is 5.73 Å². The largest absolute Gasteiger partial charge is 0.326 e. The molecule has 0 amide bonds. The molecule has 1 aromatic rings. The van der Waals surface area contributed by atoms with Crippen LogP contribution in [0.3, 0.4) is 0 Å². The van der Waals surface area contributed by atoms with Crippen LogP contribution in [0.1, 0.15) is 36.4 Å². The molecule has 82 valence electrons. The van der Waals surface area contributed by atoms with Crippen molar-refractivity contribution in [2.24, 2.45) is 5.73 Å². The van der Waals surface area contributed by atoms with Crippen LogP contribution in [0.15, 0.2) is 24.3 Å². The molecule has 2 N–H and O–H groups in total. The second-order valence-corrected chi connectivity index (χ2v) is 4.40. The molecule has 15 heavy (non-hydrogen) atoms. The van der Waals surface area contributed by atoms with Gasteiger partial charge in [-0.3, -0.25) is 4.90 Å². The van der Waals surface area contributed by atoms with Gasteiger partial charge in [0.25, 0.3) is 0 Å². The van der Waals surface area contributed by atoms with Gasteiger partial charge in [-0.25, -0.2) is 0 Å². The molecule has 1 aliphatic rings. The van der Waals surface area contributed by atoms with Crippen LogP contribution in [0.25, 0.3) is 0 Å². The molecule has 1 saturated heterocycles. The molecule has 1 heterocycles. The number of nitrogens with zero attached hydrogens (tertiary/aromatic N) is 1. The van der Waals surface area contributed by atoms with Gasteiger partial charge >= 0.3 is 0 Å². The third-order valence-electron chi connectivity index (χ3n) is 3.40. The summed E-state index contributed by atoms with van der Waals surface area (Å²) in [6.45, 7) is 1.87. The van der Waals surface area contributed by atoms with E-state index in [4.69, 9.17) is 5.73 Å². The number of hydrogen-bond donors (Lipinski definition) is 1. The highest BCUT2D eigenvalue weighted by atomic mass is 15.1. The molecule has 2 rings (SSSR count). The van der Waals surface area contributed by atoms with E-state index in [9.17, 15) is 0 Å². The van der Waals surface area contributed by atoms with Crippen molar-refractivity contribution >= 4 is 0 Å². The Bertz CT molecular complexity index is 322. The summed E-state index contributed by atoms with van der Waals surface area (Å²) < 4.78 is 0. The van der Waals surface area contributed by atoms with Crippen molar-refractivity contribution < 1.29 is 0 Å². The zero-order chi connectivity index (χ0) is 10.7. The average molecular weight is 204 g/mol. The van der Waals surface area contributed by atoms with Crippen LogP contribution >= 0.6 is 0 Å². The first-order valence-corrected chi connectivity index (χ1v) is 5.81. The highest BCUT2D eigenvalue weighted by Crippen LogP contribution is 2.31. The fraction of sp³-hybridized carbons (Fsp3) is 0.538. The second kappa shape index (κ2) is 4.77. The smallest absolute Gasteiger partial charge is 0.0348 e. The number of likely N-dealkylation sites (tertiary alicyclic amines) is 1. The summed E-state index contributed by atoms with van der Waals surface area (Å²) >= 11 is 0. The van der Waals surface area contributed by atoms with Gasteiger partial charge in [-0.2, -0.15) is 0 Å². The monoisotopic (exact) mass is 204 g/mol. The van der Waals surface area contributed by atoms with Crippen molar-refractivity contribution in [2.45, 2.75) is 31.8 Å². The summed E-state index contributed by atoms with van der Waals surface area (Å²) in [4.78, 5) is 2.46. The molecule has 1 aliphatic heterocycles. The summed E-state index contributed by atoms with van der Waals surface area (Å²) in [7, 11) is 2.22. The number of piperidine rings is 1. The fourth-order valence-corrected chi connectivity index (χ4v) is 2.51. The number of nitrogens with two attached hydrogens (primary N) is 1. The minimum atomic E-state index is 0.582. The Morgan fingerprint density at radius 2 is 2.13 bits per heavy atom. The molecule has 1 atom stereocenters. The Balaban J connectivity index is 2.26. The maximum absolute atomic E-state index is 5.78. The maximum Gasteiger partial charge on any atom is 0.0348 e. The maximum atomic E-state index is 5.78. The van der Waals surface area contributed by atoms with Gasteiger partial charge in [0.1, 0.15) is 0 Å². The predicted octanol–water partition coefficient (Wildman–Crippen LogP) is 2.30. The summed E-state index contributed by atoms with van der Waals surface area (Å²) in [6, 6.07) is 9.16. The zero-order valence-corrected chi connectivity index (χ0v) is 9.45. The molecular formula is C13H20N2. The van der Waals surface area contributed by atoms with Crippen LogP contribution < -0.4 is 5.73 Å². The Kier molecular flexibility index (Phi) is 3.39. The lowest BCUT2D eigenvalue weighted by molar-refractivity contribution is 0.186. The second-order valence-electron chi connectivity index (χ2n) is 4.40. The molecule has 0 radical (unpaired) electrons. The SMILES string of the molecule is CN1CCCCC1c1ccccc1CN. The van der Waals surface area contributed by atoms with Gasteiger partial charge in [0.15, 0.2) is 0 Å². The first kappa shape index (κ1) is 10.7. The minimum absolute atomic E-state index is 0.582. The van der Waals surface area contributed by atoms with E-state index < -0.39 is 0 Å². The van der Waals surface area contributed by atoms with E-state index in [2.05, 4.69) is 36.2 Å². The molecule has 1 unspecified atom stereocenters. The molecule has 2 nitrogen and oxygen atoms in total. The first-order chi connectivity index (χ1) is 7.33. The van der Waals surface area contributed by atoms with Crippen molar-refractivity contribution in [1.29, 1.82) is 0 Å². The lowest BCUT2D eigenvalue weighted by atomic mass is 9.92. The lowest BCUT2D eigenvalue weighted by Crippen LogP contribution is -2.30. The van der Waals surface area contributed by atoms with E-state index in [1.807, 2.05) is 0 Å². The molecule has 1 aromatic carbocycles. The topological polar surface area (TPSA) is 29.3 Å². The Morgan fingerprint density at radius 1 is 1.33 bits per heavy atom. The van der Waals surface area contributed by atoms with E-state index in [0.717, 1.165) is 0 Å². The minimum Gasteiger partial charge on any atom is -0.326 e.